The molecule has 1 atom stereocenters. The van der Waals surface area contributed by atoms with Crippen molar-refractivity contribution in [2.24, 2.45) is 0 Å². The van der Waals surface area contributed by atoms with Gasteiger partial charge in [-0.2, -0.15) is 0 Å². The van der Waals surface area contributed by atoms with Gasteiger partial charge < -0.3 is 4.74 Å². The van der Waals surface area contributed by atoms with Crippen molar-refractivity contribution in [3.05, 3.63) is 28.2 Å². The Bertz CT molecular complexity index is 346. The minimum Gasteiger partial charge on any atom is -0.482 e. The number of ketones is 1. The maximum Gasteiger partial charge on any atom is 0.206 e. The van der Waals surface area contributed by atoms with Crippen molar-refractivity contribution >= 4 is 21.7 Å². The highest BCUT2D eigenvalue weighted by molar-refractivity contribution is 9.10. The smallest absolute Gasteiger partial charge is 0.206 e. The van der Waals surface area contributed by atoms with Crippen LogP contribution in [0.2, 0.25) is 0 Å². The Balaban J connectivity index is 2.54. The van der Waals surface area contributed by atoms with Crippen molar-refractivity contribution in [2.75, 3.05) is 0 Å². The van der Waals surface area contributed by atoms with Gasteiger partial charge in [-0.3, -0.25) is 4.79 Å². The first-order valence-electron chi connectivity index (χ1n) is 3.69. The molecule has 3 heteroatoms. The van der Waals surface area contributed by atoms with Gasteiger partial charge in [0.2, 0.25) is 5.78 Å². The number of carbonyl (C=O) groups is 1. The van der Waals surface area contributed by atoms with Crippen LogP contribution in [0.5, 0.6) is 5.75 Å². The largest absolute Gasteiger partial charge is 0.482 e. The van der Waals surface area contributed by atoms with Crippen LogP contribution in [0.4, 0.5) is 0 Å². The molecule has 0 amide bonds. The van der Waals surface area contributed by atoms with Crippen molar-refractivity contribution in [1.29, 1.82) is 0 Å². The van der Waals surface area contributed by atoms with E-state index in [9.17, 15) is 4.79 Å². The lowest BCUT2D eigenvalue weighted by atomic mass is 10.1. The first kappa shape index (κ1) is 7.80. The third kappa shape index (κ3) is 1.05. The fourth-order valence-corrected chi connectivity index (χ4v) is 1.60. The molecule has 0 fully saturated rings. The van der Waals surface area contributed by atoms with Gasteiger partial charge in [0.15, 0.2) is 6.10 Å². The lowest BCUT2D eigenvalue weighted by Gasteiger charge is -1.99. The Hall–Kier alpha value is -0.830. The minimum atomic E-state index is -0.325. The second-order valence-corrected chi connectivity index (χ2v) is 3.68. The standard InChI is InChI=1S/C9H7BrO2/c1-5-9(11)7-3-2-6(10)4-8(7)12-5/h2-5H,1H3. The number of rotatable bonds is 0. The molecule has 0 saturated heterocycles. The zero-order chi connectivity index (χ0) is 8.72. The minimum absolute atomic E-state index is 0.0671. The Morgan fingerprint density at radius 2 is 2.25 bits per heavy atom. The molecule has 62 valence electrons. The van der Waals surface area contributed by atoms with E-state index in [-0.39, 0.29) is 11.9 Å². The third-order valence-electron chi connectivity index (χ3n) is 1.88. The van der Waals surface area contributed by atoms with Crippen molar-refractivity contribution < 1.29 is 9.53 Å². The average molecular weight is 227 g/mol. The van der Waals surface area contributed by atoms with Crippen molar-refractivity contribution in [3.63, 3.8) is 0 Å². The fraction of sp³-hybridized carbons (Fsp3) is 0.222. The zero-order valence-corrected chi connectivity index (χ0v) is 8.09. The summed E-state index contributed by atoms with van der Waals surface area (Å²) in [6, 6.07) is 5.44. The predicted octanol–water partition coefficient (Wildman–Crippen LogP) is 2.41. The summed E-state index contributed by atoms with van der Waals surface area (Å²) in [4.78, 5) is 11.4. The number of hydrogen-bond acceptors (Lipinski definition) is 2. The summed E-state index contributed by atoms with van der Waals surface area (Å²) in [6.45, 7) is 1.76. The molecule has 0 aromatic heterocycles. The van der Waals surface area contributed by atoms with Gasteiger partial charge in [-0.25, -0.2) is 0 Å². The quantitative estimate of drug-likeness (QED) is 0.680. The van der Waals surface area contributed by atoms with Gasteiger partial charge in [-0.1, -0.05) is 15.9 Å². The highest BCUT2D eigenvalue weighted by atomic mass is 79.9. The lowest BCUT2D eigenvalue weighted by Crippen LogP contribution is -2.14. The summed E-state index contributed by atoms with van der Waals surface area (Å²) in [5, 5.41) is 0. The molecule has 0 saturated carbocycles. The Labute approximate surface area is 78.7 Å². The molecule has 1 aromatic rings. The number of benzene rings is 1. The fourth-order valence-electron chi connectivity index (χ4n) is 1.26. The molecule has 0 radical (unpaired) electrons. The molecule has 0 bridgehead atoms. The molecule has 2 rings (SSSR count). The molecular weight excluding hydrogens is 220 g/mol. The van der Waals surface area contributed by atoms with Crippen LogP contribution in [-0.2, 0) is 0 Å². The van der Waals surface area contributed by atoms with Gasteiger partial charge in [0, 0.05) is 4.47 Å². The molecule has 12 heavy (non-hydrogen) atoms. The van der Waals surface area contributed by atoms with Gasteiger partial charge >= 0.3 is 0 Å². The van der Waals surface area contributed by atoms with E-state index < -0.39 is 0 Å². The summed E-state index contributed by atoms with van der Waals surface area (Å²) in [5.74, 6) is 0.749. The molecule has 0 spiro atoms. The van der Waals surface area contributed by atoms with Crippen molar-refractivity contribution in [2.45, 2.75) is 13.0 Å². The van der Waals surface area contributed by atoms with Crippen molar-refractivity contribution in [1.82, 2.24) is 0 Å². The average Bonchev–Trinajstić information content (AvgIpc) is 2.28. The van der Waals surface area contributed by atoms with E-state index in [0.717, 1.165) is 4.47 Å². The molecule has 0 aliphatic carbocycles. The van der Waals surface area contributed by atoms with E-state index in [1.54, 1.807) is 13.0 Å². The molecular formula is C9H7BrO2. The lowest BCUT2D eigenvalue weighted by molar-refractivity contribution is 0.0878. The van der Waals surface area contributed by atoms with Crippen LogP contribution < -0.4 is 4.74 Å². The molecule has 2 nitrogen and oxygen atoms in total. The summed E-state index contributed by atoms with van der Waals surface area (Å²) in [6.07, 6.45) is -0.325. The van der Waals surface area contributed by atoms with E-state index >= 15 is 0 Å². The van der Waals surface area contributed by atoms with Crippen LogP contribution in [0, 0.1) is 0 Å². The Morgan fingerprint density at radius 3 is 3.00 bits per heavy atom. The highest BCUT2D eigenvalue weighted by Gasteiger charge is 2.28. The number of fused-ring (bicyclic) bond motifs is 1. The van der Waals surface area contributed by atoms with Gasteiger partial charge in [-0.15, -0.1) is 0 Å². The molecule has 1 aromatic carbocycles. The number of ether oxygens (including phenoxy) is 1. The summed E-state index contributed by atoms with van der Waals surface area (Å²) >= 11 is 3.31. The maximum absolute atomic E-state index is 11.4. The van der Waals surface area contributed by atoms with Crippen LogP contribution in [0.3, 0.4) is 0 Å². The molecule has 1 unspecified atom stereocenters. The zero-order valence-electron chi connectivity index (χ0n) is 6.50. The number of Topliss-reactive ketones (excluding diaryl/α,β-unsaturated/α-hetero) is 1. The highest BCUT2D eigenvalue weighted by Crippen LogP contribution is 2.31. The van der Waals surface area contributed by atoms with Crippen LogP contribution in [0.1, 0.15) is 17.3 Å². The molecule has 1 heterocycles. The summed E-state index contributed by atoms with van der Waals surface area (Å²) in [7, 11) is 0. The van der Waals surface area contributed by atoms with Crippen LogP contribution >= 0.6 is 15.9 Å². The van der Waals surface area contributed by atoms with Crippen LogP contribution in [0.15, 0.2) is 22.7 Å². The summed E-state index contributed by atoms with van der Waals surface area (Å²) < 4.78 is 6.25. The molecule has 1 aliphatic rings. The molecule has 0 N–H and O–H groups in total. The normalized spacial score (nSPS) is 20.5. The second kappa shape index (κ2) is 2.59. The van der Waals surface area contributed by atoms with E-state index in [1.165, 1.54) is 0 Å². The summed E-state index contributed by atoms with van der Waals surface area (Å²) in [5.41, 5.74) is 0.686. The Morgan fingerprint density at radius 1 is 1.50 bits per heavy atom. The first-order chi connectivity index (χ1) is 5.68. The van der Waals surface area contributed by atoms with Gasteiger partial charge in [0.05, 0.1) is 5.56 Å². The van der Waals surface area contributed by atoms with E-state index in [2.05, 4.69) is 15.9 Å². The van der Waals surface area contributed by atoms with E-state index in [4.69, 9.17) is 4.74 Å². The van der Waals surface area contributed by atoms with Crippen molar-refractivity contribution in [3.8, 4) is 5.75 Å². The van der Waals surface area contributed by atoms with E-state index in [0.29, 0.717) is 11.3 Å². The van der Waals surface area contributed by atoms with Crippen LogP contribution in [0.25, 0.3) is 0 Å². The Kier molecular flexibility index (Phi) is 1.68. The van der Waals surface area contributed by atoms with Crippen LogP contribution in [-0.4, -0.2) is 11.9 Å². The van der Waals surface area contributed by atoms with Gasteiger partial charge in [0.25, 0.3) is 0 Å². The predicted molar refractivity (Wildman–Crippen MR) is 48.6 cm³/mol. The number of hydrogen-bond donors (Lipinski definition) is 0. The monoisotopic (exact) mass is 226 g/mol. The van der Waals surface area contributed by atoms with E-state index in [1.807, 2.05) is 12.1 Å². The number of carbonyl (C=O) groups excluding carboxylic acids is 1. The van der Waals surface area contributed by atoms with Gasteiger partial charge in [-0.05, 0) is 25.1 Å². The van der Waals surface area contributed by atoms with Gasteiger partial charge in [0.1, 0.15) is 5.75 Å². The topological polar surface area (TPSA) is 26.3 Å². The second-order valence-electron chi connectivity index (χ2n) is 2.76. The number of halogens is 1. The third-order valence-corrected chi connectivity index (χ3v) is 2.38. The first-order valence-corrected chi connectivity index (χ1v) is 4.48. The molecule has 1 aliphatic heterocycles. The SMILES string of the molecule is CC1Oc2cc(Br)ccc2C1=O. The maximum atomic E-state index is 11.4.